The fraction of sp³-hybridized carbons (Fsp3) is 0.542. The third-order valence-corrected chi connectivity index (χ3v) is 6.99. The molecule has 1 unspecified atom stereocenters. The van der Waals surface area contributed by atoms with Gasteiger partial charge in [0.2, 0.25) is 0 Å². The molecule has 1 atom stereocenters. The Labute approximate surface area is 177 Å². The highest BCUT2D eigenvalue weighted by atomic mass is 16.5. The lowest BCUT2D eigenvalue weighted by molar-refractivity contribution is 0.0443. The second kappa shape index (κ2) is 7.34. The lowest BCUT2D eigenvalue weighted by atomic mass is 9.94. The molecule has 0 radical (unpaired) electrons. The molecule has 0 N–H and O–H groups in total. The van der Waals surface area contributed by atoms with E-state index in [4.69, 9.17) is 19.9 Å². The van der Waals surface area contributed by atoms with Crippen LogP contribution in [0.5, 0.6) is 0 Å². The van der Waals surface area contributed by atoms with Gasteiger partial charge in [0.15, 0.2) is 6.23 Å². The number of ether oxygens (including phenoxy) is 1. The first-order valence-corrected chi connectivity index (χ1v) is 11.5. The van der Waals surface area contributed by atoms with Crippen LogP contribution in [0.25, 0.3) is 22.8 Å². The van der Waals surface area contributed by atoms with Crippen LogP contribution in [0.15, 0.2) is 18.2 Å². The molecule has 1 fully saturated rings. The monoisotopic (exact) mass is 403 g/mol. The van der Waals surface area contributed by atoms with Crippen molar-refractivity contribution in [2.45, 2.75) is 70.4 Å². The molecule has 6 nitrogen and oxygen atoms in total. The summed E-state index contributed by atoms with van der Waals surface area (Å²) in [5.74, 6) is 0. The molecule has 30 heavy (non-hydrogen) atoms. The number of pyridine rings is 1. The molecule has 0 saturated carbocycles. The van der Waals surface area contributed by atoms with Crippen molar-refractivity contribution in [1.29, 1.82) is 0 Å². The Morgan fingerprint density at radius 3 is 2.23 bits per heavy atom. The Morgan fingerprint density at radius 2 is 1.50 bits per heavy atom. The van der Waals surface area contributed by atoms with E-state index in [-0.39, 0.29) is 6.23 Å². The standard InChI is InChI=1S/C24H29N5O/c1-28-20-12-4-2-8-16(20)23(26-28)18-10-6-11-19(25-18)24-17-9-3-5-13-21(17)29(27-24)22-14-7-15-30-22/h6,10-11,22H,2-5,7-9,12-15H2,1H3. The summed E-state index contributed by atoms with van der Waals surface area (Å²) < 4.78 is 10.2. The molecule has 6 heteroatoms. The second-order valence-electron chi connectivity index (χ2n) is 8.91. The van der Waals surface area contributed by atoms with Gasteiger partial charge < -0.3 is 4.74 Å². The second-order valence-corrected chi connectivity index (χ2v) is 8.91. The van der Waals surface area contributed by atoms with Gasteiger partial charge in [0.25, 0.3) is 0 Å². The van der Waals surface area contributed by atoms with Crippen molar-refractivity contribution in [2.75, 3.05) is 6.61 Å². The Balaban J connectivity index is 1.44. The van der Waals surface area contributed by atoms with Crippen LogP contribution in [-0.4, -0.2) is 31.2 Å². The van der Waals surface area contributed by atoms with Crippen LogP contribution in [0.2, 0.25) is 0 Å². The lowest BCUT2D eigenvalue weighted by Gasteiger charge is -2.17. The SMILES string of the molecule is Cn1nc(-c2cccc(-c3nn(C4CCCO4)c4c3CCCC4)n2)c2c1CCCC2. The van der Waals surface area contributed by atoms with E-state index in [1.807, 2.05) is 0 Å². The van der Waals surface area contributed by atoms with Crippen LogP contribution in [0.3, 0.4) is 0 Å². The maximum absolute atomic E-state index is 5.98. The van der Waals surface area contributed by atoms with Gasteiger partial charge in [0.1, 0.15) is 11.4 Å². The highest BCUT2D eigenvalue weighted by Crippen LogP contribution is 2.36. The molecule has 4 heterocycles. The van der Waals surface area contributed by atoms with Gasteiger partial charge in [0, 0.05) is 36.2 Å². The number of aromatic nitrogens is 5. The summed E-state index contributed by atoms with van der Waals surface area (Å²) in [5, 5.41) is 9.94. The molecular weight excluding hydrogens is 374 g/mol. The van der Waals surface area contributed by atoms with E-state index in [0.717, 1.165) is 67.9 Å². The maximum Gasteiger partial charge on any atom is 0.150 e. The first kappa shape index (κ1) is 18.3. The Morgan fingerprint density at radius 1 is 0.833 bits per heavy atom. The summed E-state index contributed by atoms with van der Waals surface area (Å²) in [6.07, 6.45) is 11.6. The minimum atomic E-state index is 0.0941. The van der Waals surface area contributed by atoms with E-state index in [1.54, 1.807) is 0 Å². The van der Waals surface area contributed by atoms with E-state index in [1.165, 1.54) is 48.2 Å². The molecule has 1 saturated heterocycles. The predicted octanol–water partition coefficient (Wildman–Crippen LogP) is 4.41. The fourth-order valence-corrected chi connectivity index (χ4v) is 5.50. The Bertz CT molecular complexity index is 1090. The van der Waals surface area contributed by atoms with Gasteiger partial charge in [-0.3, -0.25) is 4.68 Å². The molecule has 0 bridgehead atoms. The van der Waals surface area contributed by atoms with E-state index >= 15 is 0 Å². The van der Waals surface area contributed by atoms with Crippen LogP contribution < -0.4 is 0 Å². The molecular formula is C24H29N5O. The van der Waals surface area contributed by atoms with Crippen molar-refractivity contribution in [3.63, 3.8) is 0 Å². The molecule has 0 amide bonds. The Hall–Kier alpha value is -2.47. The van der Waals surface area contributed by atoms with Gasteiger partial charge in [-0.25, -0.2) is 9.67 Å². The van der Waals surface area contributed by atoms with Crippen molar-refractivity contribution in [1.82, 2.24) is 24.5 Å². The molecule has 6 rings (SSSR count). The first-order valence-electron chi connectivity index (χ1n) is 11.5. The zero-order chi connectivity index (χ0) is 20.1. The molecule has 0 aromatic carbocycles. The zero-order valence-electron chi connectivity index (χ0n) is 17.7. The van der Waals surface area contributed by atoms with E-state index in [9.17, 15) is 0 Å². The molecule has 2 aliphatic carbocycles. The lowest BCUT2D eigenvalue weighted by Crippen LogP contribution is -2.14. The number of fused-ring (bicyclic) bond motifs is 2. The number of nitrogens with zero attached hydrogens (tertiary/aromatic N) is 5. The van der Waals surface area contributed by atoms with E-state index in [2.05, 4.69) is 34.6 Å². The minimum absolute atomic E-state index is 0.0941. The summed E-state index contributed by atoms with van der Waals surface area (Å²) in [6, 6.07) is 6.32. The van der Waals surface area contributed by atoms with Gasteiger partial charge in [-0.2, -0.15) is 10.2 Å². The molecule has 156 valence electrons. The van der Waals surface area contributed by atoms with Gasteiger partial charge in [-0.15, -0.1) is 0 Å². The summed E-state index contributed by atoms with van der Waals surface area (Å²) in [6.45, 7) is 0.840. The van der Waals surface area contributed by atoms with Gasteiger partial charge >= 0.3 is 0 Å². The van der Waals surface area contributed by atoms with E-state index < -0.39 is 0 Å². The smallest absolute Gasteiger partial charge is 0.150 e. The van der Waals surface area contributed by atoms with Crippen molar-refractivity contribution in [2.24, 2.45) is 7.05 Å². The number of aryl methyl sites for hydroxylation is 1. The number of hydrogen-bond donors (Lipinski definition) is 0. The first-order chi connectivity index (χ1) is 14.8. The number of rotatable bonds is 3. The topological polar surface area (TPSA) is 57.8 Å². The van der Waals surface area contributed by atoms with Gasteiger partial charge in [-0.05, 0) is 76.3 Å². The summed E-state index contributed by atoms with van der Waals surface area (Å²) in [5.41, 5.74) is 9.56. The molecule has 3 aliphatic rings. The fourth-order valence-electron chi connectivity index (χ4n) is 5.50. The molecule has 0 spiro atoms. The number of hydrogen-bond acceptors (Lipinski definition) is 4. The van der Waals surface area contributed by atoms with Gasteiger partial charge in [-0.1, -0.05) is 6.07 Å². The predicted molar refractivity (Wildman–Crippen MR) is 115 cm³/mol. The highest BCUT2D eigenvalue weighted by molar-refractivity contribution is 5.67. The van der Waals surface area contributed by atoms with Crippen LogP contribution in [0.1, 0.15) is 67.3 Å². The third-order valence-electron chi connectivity index (χ3n) is 6.99. The summed E-state index contributed by atoms with van der Waals surface area (Å²) in [4.78, 5) is 5.09. The van der Waals surface area contributed by atoms with Crippen molar-refractivity contribution in [3.05, 3.63) is 40.7 Å². The van der Waals surface area contributed by atoms with Crippen LogP contribution in [0.4, 0.5) is 0 Å². The molecule has 3 aromatic heterocycles. The molecule has 3 aromatic rings. The average Bonchev–Trinajstić information content (AvgIpc) is 3.52. The Kier molecular flexibility index (Phi) is 4.48. The van der Waals surface area contributed by atoms with Gasteiger partial charge in [0.05, 0.1) is 11.4 Å². The molecule has 1 aliphatic heterocycles. The minimum Gasteiger partial charge on any atom is -0.357 e. The average molecular weight is 404 g/mol. The van der Waals surface area contributed by atoms with E-state index in [0.29, 0.717) is 0 Å². The van der Waals surface area contributed by atoms with Crippen LogP contribution in [-0.2, 0) is 37.5 Å². The van der Waals surface area contributed by atoms with Crippen molar-refractivity contribution < 1.29 is 4.74 Å². The zero-order valence-corrected chi connectivity index (χ0v) is 17.7. The highest BCUT2D eigenvalue weighted by Gasteiger charge is 2.29. The van der Waals surface area contributed by atoms with Crippen molar-refractivity contribution >= 4 is 0 Å². The van der Waals surface area contributed by atoms with Crippen LogP contribution in [0, 0.1) is 0 Å². The summed E-state index contributed by atoms with van der Waals surface area (Å²) >= 11 is 0. The van der Waals surface area contributed by atoms with Crippen LogP contribution >= 0.6 is 0 Å². The maximum atomic E-state index is 5.98. The normalized spacial score (nSPS) is 20.9. The largest absolute Gasteiger partial charge is 0.357 e. The third kappa shape index (κ3) is 2.92. The van der Waals surface area contributed by atoms with Crippen molar-refractivity contribution in [3.8, 4) is 22.8 Å². The quantitative estimate of drug-likeness (QED) is 0.650. The summed E-state index contributed by atoms with van der Waals surface area (Å²) in [7, 11) is 2.07.